The Kier molecular flexibility index (Phi) is 3.14. The van der Waals surface area contributed by atoms with Gasteiger partial charge in [-0.1, -0.05) is 6.07 Å². The standard InChI is InChI=1S/C11H11NO3S/c1-16-6-5-9-12-8-4-2-3-7(11(13)14)10(8)15-9/h2-4H,5-6H2,1H3,(H,13,14). The number of carboxylic acids is 1. The monoisotopic (exact) mass is 237 g/mol. The van der Waals surface area contributed by atoms with Gasteiger partial charge in [-0.2, -0.15) is 11.8 Å². The highest BCUT2D eigenvalue weighted by Crippen LogP contribution is 2.20. The zero-order chi connectivity index (χ0) is 11.5. The van der Waals surface area contributed by atoms with Crippen LogP contribution in [0.15, 0.2) is 22.6 Å². The minimum absolute atomic E-state index is 0.167. The van der Waals surface area contributed by atoms with Crippen molar-refractivity contribution in [2.45, 2.75) is 6.42 Å². The number of nitrogens with zero attached hydrogens (tertiary/aromatic N) is 1. The van der Waals surface area contributed by atoms with Crippen LogP contribution in [-0.2, 0) is 6.42 Å². The molecule has 0 saturated carbocycles. The fraction of sp³-hybridized carbons (Fsp3) is 0.273. The minimum Gasteiger partial charge on any atom is -0.478 e. The van der Waals surface area contributed by atoms with E-state index >= 15 is 0 Å². The molecule has 0 bridgehead atoms. The summed E-state index contributed by atoms with van der Waals surface area (Å²) < 4.78 is 5.46. The van der Waals surface area contributed by atoms with Crippen molar-refractivity contribution in [3.8, 4) is 0 Å². The number of fused-ring (bicyclic) bond motifs is 1. The molecule has 2 aromatic rings. The predicted molar refractivity (Wildman–Crippen MR) is 63.1 cm³/mol. The van der Waals surface area contributed by atoms with Crippen molar-refractivity contribution >= 4 is 28.8 Å². The lowest BCUT2D eigenvalue weighted by Gasteiger charge is -1.93. The lowest BCUT2D eigenvalue weighted by molar-refractivity contribution is 0.0698. The van der Waals surface area contributed by atoms with Gasteiger partial charge >= 0.3 is 5.97 Å². The number of carboxylic acid groups (broad SMARTS) is 1. The molecule has 0 saturated heterocycles. The van der Waals surface area contributed by atoms with Gasteiger partial charge in [0.15, 0.2) is 11.5 Å². The summed E-state index contributed by atoms with van der Waals surface area (Å²) in [5, 5.41) is 8.98. The number of aryl methyl sites for hydroxylation is 1. The van der Waals surface area contributed by atoms with Crippen molar-refractivity contribution in [3.05, 3.63) is 29.7 Å². The number of oxazole rings is 1. The third-order valence-corrected chi connectivity index (χ3v) is 2.82. The third kappa shape index (κ3) is 2.04. The largest absolute Gasteiger partial charge is 0.478 e. The first-order valence-corrected chi connectivity index (χ1v) is 6.22. The van der Waals surface area contributed by atoms with Gasteiger partial charge in [-0.25, -0.2) is 9.78 Å². The Labute approximate surface area is 96.7 Å². The van der Waals surface area contributed by atoms with E-state index in [2.05, 4.69) is 4.98 Å². The van der Waals surface area contributed by atoms with Gasteiger partial charge in [-0.3, -0.25) is 0 Å². The zero-order valence-corrected chi connectivity index (χ0v) is 9.58. The van der Waals surface area contributed by atoms with Gasteiger partial charge in [0.05, 0.1) is 0 Å². The Morgan fingerprint density at radius 2 is 2.38 bits per heavy atom. The van der Waals surface area contributed by atoms with Crippen LogP contribution >= 0.6 is 11.8 Å². The number of aromatic carboxylic acids is 1. The van der Waals surface area contributed by atoms with E-state index in [0.29, 0.717) is 17.0 Å². The molecule has 0 spiro atoms. The molecule has 0 fully saturated rings. The summed E-state index contributed by atoms with van der Waals surface area (Å²) in [5.41, 5.74) is 1.14. The van der Waals surface area contributed by atoms with Gasteiger partial charge in [0.25, 0.3) is 0 Å². The molecule has 0 radical (unpaired) electrons. The van der Waals surface area contributed by atoms with E-state index < -0.39 is 5.97 Å². The van der Waals surface area contributed by atoms with Crippen molar-refractivity contribution < 1.29 is 14.3 Å². The normalized spacial score (nSPS) is 10.8. The summed E-state index contributed by atoms with van der Waals surface area (Å²) in [6.07, 6.45) is 2.72. The lowest BCUT2D eigenvalue weighted by atomic mass is 10.2. The molecule has 5 heteroatoms. The Balaban J connectivity index is 2.44. The smallest absolute Gasteiger partial charge is 0.339 e. The Morgan fingerprint density at radius 3 is 3.06 bits per heavy atom. The first kappa shape index (κ1) is 11.0. The maximum atomic E-state index is 10.9. The van der Waals surface area contributed by atoms with Crippen LogP contribution in [0, 0.1) is 0 Å². The van der Waals surface area contributed by atoms with Crippen LogP contribution in [-0.4, -0.2) is 28.1 Å². The summed E-state index contributed by atoms with van der Waals surface area (Å²) in [6, 6.07) is 4.95. The number of para-hydroxylation sites is 1. The molecule has 1 aromatic carbocycles. The van der Waals surface area contributed by atoms with Gasteiger partial charge in [-0.15, -0.1) is 0 Å². The van der Waals surface area contributed by atoms with Crippen molar-refractivity contribution in [1.82, 2.24) is 4.98 Å². The first-order valence-electron chi connectivity index (χ1n) is 4.83. The van der Waals surface area contributed by atoms with E-state index in [0.717, 1.165) is 12.2 Å². The molecule has 2 rings (SSSR count). The fourth-order valence-corrected chi connectivity index (χ4v) is 1.84. The molecular weight excluding hydrogens is 226 g/mol. The number of thioether (sulfide) groups is 1. The van der Waals surface area contributed by atoms with E-state index in [4.69, 9.17) is 9.52 Å². The van der Waals surface area contributed by atoms with Gasteiger partial charge < -0.3 is 9.52 Å². The van der Waals surface area contributed by atoms with E-state index in [9.17, 15) is 4.79 Å². The minimum atomic E-state index is -0.988. The first-order chi connectivity index (χ1) is 7.72. The van der Waals surface area contributed by atoms with Crippen LogP contribution in [0.1, 0.15) is 16.2 Å². The number of hydrogen-bond acceptors (Lipinski definition) is 4. The molecule has 0 atom stereocenters. The molecule has 0 aliphatic heterocycles. The van der Waals surface area contributed by atoms with Crippen LogP contribution in [0.2, 0.25) is 0 Å². The van der Waals surface area contributed by atoms with Crippen molar-refractivity contribution in [2.75, 3.05) is 12.0 Å². The molecule has 0 amide bonds. The number of rotatable bonds is 4. The van der Waals surface area contributed by atoms with Gasteiger partial charge in [0.2, 0.25) is 0 Å². The summed E-state index contributed by atoms with van der Waals surface area (Å²) in [6.45, 7) is 0. The van der Waals surface area contributed by atoms with Crippen molar-refractivity contribution in [3.63, 3.8) is 0 Å². The van der Waals surface area contributed by atoms with Crippen LogP contribution < -0.4 is 0 Å². The molecule has 84 valence electrons. The molecule has 4 nitrogen and oxygen atoms in total. The Bertz CT molecular complexity index is 521. The van der Waals surface area contributed by atoms with E-state index in [1.165, 1.54) is 6.07 Å². The second-order valence-corrected chi connectivity index (χ2v) is 4.29. The topological polar surface area (TPSA) is 63.3 Å². The van der Waals surface area contributed by atoms with Crippen LogP contribution in [0.3, 0.4) is 0 Å². The molecule has 1 heterocycles. The van der Waals surface area contributed by atoms with E-state index in [-0.39, 0.29) is 5.56 Å². The summed E-state index contributed by atoms with van der Waals surface area (Å²) >= 11 is 1.70. The lowest BCUT2D eigenvalue weighted by Crippen LogP contribution is -1.95. The molecule has 0 aliphatic carbocycles. The highest BCUT2D eigenvalue weighted by Gasteiger charge is 2.13. The average Bonchev–Trinajstić information content (AvgIpc) is 2.68. The van der Waals surface area contributed by atoms with Crippen LogP contribution in [0.4, 0.5) is 0 Å². The van der Waals surface area contributed by atoms with Gasteiger partial charge in [-0.05, 0) is 18.4 Å². The second-order valence-electron chi connectivity index (χ2n) is 3.31. The molecular formula is C11H11NO3S. The number of hydrogen-bond donors (Lipinski definition) is 1. The number of benzene rings is 1. The quantitative estimate of drug-likeness (QED) is 0.884. The average molecular weight is 237 g/mol. The van der Waals surface area contributed by atoms with Crippen LogP contribution in [0.5, 0.6) is 0 Å². The molecule has 1 aromatic heterocycles. The highest BCUT2D eigenvalue weighted by molar-refractivity contribution is 7.98. The highest BCUT2D eigenvalue weighted by atomic mass is 32.2. The van der Waals surface area contributed by atoms with Gasteiger partial charge in [0.1, 0.15) is 11.1 Å². The Hall–Kier alpha value is -1.49. The number of aromatic nitrogens is 1. The zero-order valence-electron chi connectivity index (χ0n) is 8.77. The van der Waals surface area contributed by atoms with E-state index in [1.54, 1.807) is 23.9 Å². The number of carbonyl (C=O) groups is 1. The predicted octanol–water partition coefficient (Wildman–Crippen LogP) is 2.43. The van der Waals surface area contributed by atoms with Crippen molar-refractivity contribution in [2.24, 2.45) is 0 Å². The molecule has 0 aliphatic rings. The van der Waals surface area contributed by atoms with Crippen molar-refractivity contribution in [1.29, 1.82) is 0 Å². The van der Waals surface area contributed by atoms with Gasteiger partial charge in [0, 0.05) is 12.2 Å². The summed E-state index contributed by atoms with van der Waals surface area (Å²) in [4.78, 5) is 15.2. The maximum absolute atomic E-state index is 10.9. The van der Waals surface area contributed by atoms with Crippen LogP contribution in [0.25, 0.3) is 11.1 Å². The third-order valence-electron chi connectivity index (χ3n) is 2.21. The molecule has 16 heavy (non-hydrogen) atoms. The molecule has 1 N–H and O–H groups in total. The fourth-order valence-electron chi connectivity index (χ4n) is 1.46. The SMILES string of the molecule is CSCCc1nc2cccc(C(=O)O)c2o1. The second kappa shape index (κ2) is 4.57. The molecule has 0 unspecified atom stereocenters. The maximum Gasteiger partial charge on any atom is 0.339 e. The Morgan fingerprint density at radius 1 is 1.56 bits per heavy atom. The summed E-state index contributed by atoms with van der Waals surface area (Å²) in [5.74, 6) is 0.520. The van der Waals surface area contributed by atoms with E-state index in [1.807, 2.05) is 6.26 Å². The summed E-state index contributed by atoms with van der Waals surface area (Å²) in [7, 11) is 0.